The standard InChI is InChI=1S/C34H50N2/c1-3-5-7-9-10-11-12-13-14-15-16-24-30-34(36-32-27-21-18-22-28-32)33(29-23-8-6-4-2)35-31-25-19-17-20-26-31/h17-22,24-28,30H,3-16,23,29H2,1-2H3/b30-24+,35-33?,36-34?. The largest absolute Gasteiger partial charge is 0.251 e. The summed E-state index contributed by atoms with van der Waals surface area (Å²) >= 11 is 0. The van der Waals surface area contributed by atoms with Gasteiger partial charge in [-0.15, -0.1) is 0 Å². The molecule has 0 fully saturated rings. The minimum atomic E-state index is 0.961. The van der Waals surface area contributed by atoms with E-state index < -0.39 is 0 Å². The molecule has 0 saturated heterocycles. The second kappa shape index (κ2) is 20.7. The number of rotatable bonds is 20. The average molecular weight is 487 g/mol. The predicted octanol–water partition coefficient (Wildman–Crippen LogP) is 11.4. The molecule has 36 heavy (non-hydrogen) atoms. The Balaban J connectivity index is 1.98. The summed E-state index contributed by atoms with van der Waals surface area (Å²) in [5.74, 6) is 0. The van der Waals surface area contributed by atoms with Gasteiger partial charge in [-0.3, -0.25) is 4.99 Å². The van der Waals surface area contributed by atoms with Crippen molar-refractivity contribution in [3.05, 3.63) is 72.8 Å². The summed E-state index contributed by atoms with van der Waals surface area (Å²) in [6.07, 6.45) is 25.3. The van der Waals surface area contributed by atoms with Crippen LogP contribution in [0.1, 0.15) is 117 Å². The Bertz CT molecular complexity index is 865. The van der Waals surface area contributed by atoms with Gasteiger partial charge in [0, 0.05) is 0 Å². The first-order valence-electron chi connectivity index (χ1n) is 14.8. The SMILES string of the molecule is CCCCCCCCCCCC/C=C/C(=Nc1ccccc1)C(CCCCCC)=Nc1ccccc1. The van der Waals surface area contributed by atoms with Crippen LogP contribution in [0.2, 0.25) is 0 Å². The van der Waals surface area contributed by atoms with Crippen molar-refractivity contribution in [1.82, 2.24) is 0 Å². The van der Waals surface area contributed by atoms with E-state index in [4.69, 9.17) is 9.98 Å². The second-order valence-electron chi connectivity index (χ2n) is 9.91. The molecule has 2 heteroatoms. The van der Waals surface area contributed by atoms with Crippen molar-refractivity contribution in [2.45, 2.75) is 117 Å². The molecule has 0 aliphatic rings. The third kappa shape index (κ3) is 14.2. The number of nitrogens with zero attached hydrogens (tertiary/aromatic N) is 2. The van der Waals surface area contributed by atoms with Crippen molar-refractivity contribution in [1.29, 1.82) is 0 Å². The molecule has 0 amide bonds. The average Bonchev–Trinajstić information content (AvgIpc) is 2.91. The number of allylic oxidation sites excluding steroid dienone is 2. The zero-order chi connectivity index (χ0) is 25.5. The van der Waals surface area contributed by atoms with E-state index in [9.17, 15) is 0 Å². The van der Waals surface area contributed by atoms with Gasteiger partial charge in [-0.05, 0) is 56.0 Å². The maximum atomic E-state index is 5.06. The van der Waals surface area contributed by atoms with Gasteiger partial charge in [-0.1, -0.05) is 133 Å². The van der Waals surface area contributed by atoms with Gasteiger partial charge >= 0.3 is 0 Å². The van der Waals surface area contributed by atoms with Crippen molar-refractivity contribution >= 4 is 22.8 Å². The van der Waals surface area contributed by atoms with Crippen LogP contribution in [0.25, 0.3) is 0 Å². The summed E-state index contributed by atoms with van der Waals surface area (Å²) in [6.45, 7) is 4.55. The molecule has 2 rings (SSSR count). The highest BCUT2D eigenvalue weighted by atomic mass is 14.8. The van der Waals surface area contributed by atoms with Gasteiger partial charge in [0.05, 0.1) is 22.8 Å². The molecular weight excluding hydrogens is 436 g/mol. The van der Waals surface area contributed by atoms with Crippen LogP contribution in [0.5, 0.6) is 0 Å². The summed E-state index contributed by atoms with van der Waals surface area (Å²) in [5.41, 5.74) is 4.10. The van der Waals surface area contributed by atoms with Crippen molar-refractivity contribution in [3.8, 4) is 0 Å². The third-order valence-corrected chi connectivity index (χ3v) is 6.59. The molecule has 0 aliphatic heterocycles. The normalized spacial score (nSPS) is 12.5. The first-order valence-corrected chi connectivity index (χ1v) is 14.8. The zero-order valence-electron chi connectivity index (χ0n) is 23.1. The number of aliphatic imine (C=N–C) groups is 2. The Morgan fingerprint density at radius 2 is 1.03 bits per heavy atom. The van der Waals surface area contributed by atoms with Crippen LogP contribution in [0.15, 0.2) is 82.8 Å². The highest BCUT2D eigenvalue weighted by Crippen LogP contribution is 2.18. The van der Waals surface area contributed by atoms with Gasteiger partial charge in [0.15, 0.2) is 0 Å². The molecule has 0 saturated carbocycles. The lowest BCUT2D eigenvalue weighted by Gasteiger charge is -2.09. The lowest BCUT2D eigenvalue weighted by atomic mass is 10.0. The molecule has 2 aromatic carbocycles. The maximum Gasteiger partial charge on any atom is 0.0848 e. The van der Waals surface area contributed by atoms with E-state index in [1.54, 1.807) is 0 Å². The molecule has 2 aromatic rings. The Morgan fingerprint density at radius 1 is 0.556 bits per heavy atom. The van der Waals surface area contributed by atoms with Crippen molar-refractivity contribution in [2.75, 3.05) is 0 Å². The zero-order valence-corrected chi connectivity index (χ0v) is 23.1. The molecule has 0 N–H and O–H groups in total. The first-order chi connectivity index (χ1) is 17.8. The van der Waals surface area contributed by atoms with Gasteiger partial charge in [0.25, 0.3) is 0 Å². The summed E-state index contributed by atoms with van der Waals surface area (Å²) in [6, 6.07) is 20.6. The van der Waals surface area contributed by atoms with Crippen molar-refractivity contribution in [3.63, 3.8) is 0 Å². The van der Waals surface area contributed by atoms with E-state index in [1.165, 1.54) is 83.5 Å². The lowest BCUT2D eigenvalue weighted by molar-refractivity contribution is 0.557. The van der Waals surface area contributed by atoms with Crippen molar-refractivity contribution in [2.24, 2.45) is 9.98 Å². The monoisotopic (exact) mass is 486 g/mol. The highest BCUT2D eigenvalue weighted by molar-refractivity contribution is 6.47. The molecular formula is C34H50N2. The van der Waals surface area contributed by atoms with E-state index in [0.29, 0.717) is 0 Å². The van der Waals surface area contributed by atoms with Gasteiger partial charge in [0.2, 0.25) is 0 Å². The first kappa shape index (κ1) is 29.7. The number of hydrogen-bond acceptors (Lipinski definition) is 2. The fourth-order valence-electron chi connectivity index (χ4n) is 4.40. The smallest absolute Gasteiger partial charge is 0.0848 e. The third-order valence-electron chi connectivity index (χ3n) is 6.59. The van der Waals surface area contributed by atoms with Gasteiger partial charge in [0.1, 0.15) is 0 Å². The topological polar surface area (TPSA) is 24.7 Å². The predicted molar refractivity (Wildman–Crippen MR) is 161 cm³/mol. The van der Waals surface area contributed by atoms with Gasteiger partial charge in [-0.25, -0.2) is 4.99 Å². The molecule has 0 atom stereocenters. The fraction of sp³-hybridized carbons (Fsp3) is 0.529. The lowest BCUT2D eigenvalue weighted by Crippen LogP contribution is -2.12. The molecule has 0 bridgehead atoms. The van der Waals surface area contributed by atoms with Crippen LogP contribution in [0, 0.1) is 0 Å². The number of para-hydroxylation sites is 2. The van der Waals surface area contributed by atoms with Crippen LogP contribution in [0.4, 0.5) is 11.4 Å². The van der Waals surface area contributed by atoms with E-state index in [2.05, 4.69) is 74.5 Å². The van der Waals surface area contributed by atoms with E-state index in [1.807, 2.05) is 12.1 Å². The molecule has 196 valence electrons. The molecule has 2 nitrogen and oxygen atoms in total. The van der Waals surface area contributed by atoms with E-state index in [0.717, 1.165) is 42.1 Å². The molecule has 0 radical (unpaired) electrons. The van der Waals surface area contributed by atoms with Gasteiger partial charge < -0.3 is 0 Å². The van der Waals surface area contributed by atoms with Gasteiger partial charge in [-0.2, -0.15) is 0 Å². The number of benzene rings is 2. The van der Waals surface area contributed by atoms with Crippen LogP contribution in [-0.4, -0.2) is 11.4 Å². The van der Waals surface area contributed by atoms with Crippen LogP contribution < -0.4 is 0 Å². The summed E-state index contributed by atoms with van der Waals surface area (Å²) in [7, 11) is 0. The molecule has 0 aromatic heterocycles. The van der Waals surface area contributed by atoms with Crippen LogP contribution >= 0.6 is 0 Å². The van der Waals surface area contributed by atoms with Crippen molar-refractivity contribution < 1.29 is 0 Å². The fourth-order valence-corrected chi connectivity index (χ4v) is 4.40. The van der Waals surface area contributed by atoms with Crippen LogP contribution in [-0.2, 0) is 0 Å². The highest BCUT2D eigenvalue weighted by Gasteiger charge is 2.08. The second-order valence-corrected chi connectivity index (χ2v) is 9.91. The maximum absolute atomic E-state index is 5.06. The number of unbranched alkanes of at least 4 members (excludes halogenated alkanes) is 13. The molecule has 0 unspecified atom stereocenters. The quantitative estimate of drug-likeness (QED) is 0.131. The molecule has 0 aliphatic carbocycles. The van der Waals surface area contributed by atoms with Crippen LogP contribution in [0.3, 0.4) is 0 Å². The van der Waals surface area contributed by atoms with E-state index >= 15 is 0 Å². The Hall–Kier alpha value is -2.48. The minimum Gasteiger partial charge on any atom is -0.251 e. The Labute approximate surface area is 222 Å². The molecule has 0 heterocycles. The number of hydrogen-bond donors (Lipinski definition) is 0. The summed E-state index contributed by atoms with van der Waals surface area (Å²) < 4.78 is 0. The summed E-state index contributed by atoms with van der Waals surface area (Å²) in [5, 5.41) is 0. The summed E-state index contributed by atoms with van der Waals surface area (Å²) in [4.78, 5) is 10.1. The van der Waals surface area contributed by atoms with E-state index in [-0.39, 0.29) is 0 Å². The Morgan fingerprint density at radius 3 is 1.58 bits per heavy atom. The molecule has 0 spiro atoms. The Kier molecular flexibility index (Phi) is 17.1. The minimum absolute atomic E-state index is 0.961.